The fourth-order valence-electron chi connectivity index (χ4n) is 2.59. The maximum atomic E-state index is 10.8. The Balaban J connectivity index is 1.95. The second kappa shape index (κ2) is 5.42. The van der Waals surface area contributed by atoms with E-state index in [0.717, 1.165) is 36.1 Å². The number of pyridine rings is 2. The Bertz CT molecular complexity index is 638. The summed E-state index contributed by atoms with van der Waals surface area (Å²) in [7, 11) is 0. The zero-order valence-electron chi connectivity index (χ0n) is 11.0. The van der Waals surface area contributed by atoms with E-state index in [1.54, 1.807) is 18.3 Å². The molecule has 1 fully saturated rings. The van der Waals surface area contributed by atoms with E-state index in [1.807, 2.05) is 6.07 Å². The standard InChI is InChI=1S/C14H16N4O2/c15-14(19)20-12-2-1-11-13(18-12)10(4-6-17-11)7-9-3-5-16-8-9/h1-2,4,6,9,16H,3,5,7-8H2,(H2,15,19). The van der Waals surface area contributed by atoms with Gasteiger partial charge in [-0.05, 0) is 49.5 Å². The lowest BCUT2D eigenvalue weighted by atomic mass is 9.98. The van der Waals surface area contributed by atoms with Gasteiger partial charge in [-0.2, -0.15) is 0 Å². The highest BCUT2D eigenvalue weighted by Gasteiger charge is 2.17. The molecule has 6 nitrogen and oxygen atoms in total. The summed E-state index contributed by atoms with van der Waals surface area (Å²) < 4.78 is 4.83. The fourth-order valence-corrected chi connectivity index (χ4v) is 2.59. The molecule has 0 bridgehead atoms. The van der Waals surface area contributed by atoms with E-state index < -0.39 is 6.09 Å². The number of primary amides is 1. The zero-order valence-corrected chi connectivity index (χ0v) is 11.0. The quantitative estimate of drug-likeness (QED) is 0.877. The van der Waals surface area contributed by atoms with Crippen LogP contribution in [0.3, 0.4) is 0 Å². The molecule has 3 heterocycles. The molecule has 6 heteroatoms. The van der Waals surface area contributed by atoms with E-state index in [-0.39, 0.29) is 5.88 Å². The van der Waals surface area contributed by atoms with Gasteiger partial charge in [-0.3, -0.25) is 4.98 Å². The van der Waals surface area contributed by atoms with Crippen molar-refractivity contribution in [1.82, 2.24) is 15.3 Å². The van der Waals surface area contributed by atoms with Crippen LogP contribution >= 0.6 is 0 Å². The van der Waals surface area contributed by atoms with Gasteiger partial charge in [0, 0.05) is 12.3 Å². The molecule has 1 atom stereocenters. The number of carbonyl (C=O) groups is 1. The Morgan fingerprint density at radius 2 is 2.35 bits per heavy atom. The number of nitrogens with two attached hydrogens (primary N) is 1. The average molecular weight is 272 g/mol. The van der Waals surface area contributed by atoms with E-state index in [9.17, 15) is 4.79 Å². The molecule has 1 saturated heterocycles. The summed E-state index contributed by atoms with van der Waals surface area (Å²) in [6.45, 7) is 2.10. The van der Waals surface area contributed by atoms with Crippen LogP contribution in [0, 0.1) is 5.92 Å². The maximum absolute atomic E-state index is 10.8. The molecule has 104 valence electrons. The molecule has 20 heavy (non-hydrogen) atoms. The van der Waals surface area contributed by atoms with Gasteiger partial charge in [0.1, 0.15) is 0 Å². The first kappa shape index (κ1) is 12.8. The molecule has 2 aromatic rings. The minimum Gasteiger partial charge on any atom is -0.391 e. The third kappa shape index (κ3) is 2.70. The van der Waals surface area contributed by atoms with Gasteiger partial charge in [-0.1, -0.05) is 0 Å². The van der Waals surface area contributed by atoms with Crippen molar-refractivity contribution in [3.63, 3.8) is 0 Å². The Labute approximate surface area is 116 Å². The first-order chi connectivity index (χ1) is 9.72. The molecule has 1 amide bonds. The van der Waals surface area contributed by atoms with E-state index in [4.69, 9.17) is 10.5 Å². The number of aromatic nitrogens is 2. The summed E-state index contributed by atoms with van der Waals surface area (Å²) in [5, 5.41) is 3.36. The van der Waals surface area contributed by atoms with E-state index in [0.29, 0.717) is 5.92 Å². The molecular formula is C14H16N4O2. The van der Waals surface area contributed by atoms with E-state index in [2.05, 4.69) is 15.3 Å². The lowest BCUT2D eigenvalue weighted by Crippen LogP contribution is -2.17. The van der Waals surface area contributed by atoms with Gasteiger partial charge in [-0.25, -0.2) is 9.78 Å². The number of ether oxygens (including phenoxy) is 1. The smallest absolute Gasteiger partial charge is 0.391 e. The maximum Gasteiger partial charge on any atom is 0.411 e. The van der Waals surface area contributed by atoms with Gasteiger partial charge in [0.25, 0.3) is 0 Å². The monoisotopic (exact) mass is 272 g/mol. The van der Waals surface area contributed by atoms with Crippen molar-refractivity contribution >= 4 is 17.1 Å². The van der Waals surface area contributed by atoms with Gasteiger partial charge < -0.3 is 15.8 Å². The molecule has 1 unspecified atom stereocenters. The van der Waals surface area contributed by atoms with Crippen molar-refractivity contribution in [1.29, 1.82) is 0 Å². The van der Waals surface area contributed by atoms with Crippen molar-refractivity contribution in [2.75, 3.05) is 13.1 Å². The first-order valence-electron chi connectivity index (χ1n) is 6.65. The van der Waals surface area contributed by atoms with Gasteiger partial charge in [0.05, 0.1) is 11.0 Å². The van der Waals surface area contributed by atoms with Crippen LogP contribution in [0.15, 0.2) is 24.4 Å². The Kier molecular flexibility index (Phi) is 3.47. The highest BCUT2D eigenvalue weighted by molar-refractivity contribution is 5.79. The van der Waals surface area contributed by atoms with Gasteiger partial charge in [0.2, 0.25) is 5.88 Å². The molecule has 1 aliphatic rings. The molecule has 0 aliphatic carbocycles. The molecule has 3 N–H and O–H groups in total. The number of nitrogens with one attached hydrogen (secondary N) is 1. The molecule has 1 aliphatic heterocycles. The largest absolute Gasteiger partial charge is 0.411 e. The topological polar surface area (TPSA) is 90.1 Å². The number of hydrogen-bond acceptors (Lipinski definition) is 5. The molecule has 0 aromatic carbocycles. The lowest BCUT2D eigenvalue weighted by Gasteiger charge is -2.10. The second-order valence-corrected chi connectivity index (χ2v) is 4.97. The summed E-state index contributed by atoms with van der Waals surface area (Å²) in [6, 6.07) is 5.36. The summed E-state index contributed by atoms with van der Waals surface area (Å²) >= 11 is 0. The summed E-state index contributed by atoms with van der Waals surface area (Å²) in [4.78, 5) is 19.4. The Morgan fingerprint density at radius 1 is 1.45 bits per heavy atom. The minimum atomic E-state index is -0.859. The van der Waals surface area contributed by atoms with Crippen molar-refractivity contribution < 1.29 is 9.53 Å². The number of rotatable bonds is 3. The predicted octanol–water partition coefficient (Wildman–Crippen LogP) is 1.24. The van der Waals surface area contributed by atoms with Gasteiger partial charge >= 0.3 is 6.09 Å². The minimum absolute atomic E-state index is 0.212. The van der Waals surface area contributed by atoms with Crippen molar-refractivity contribution in [2.45, 2.75) is 12.8 Å². The average Bonchev–Trinajstić information content (AvgIpc) is 2.92. The van der Waals surface area contributed by atoms with Crippen LogP contribution in [0.4, 0.5) is 4.79 Å². The molecule has 0 saturated carbocycles. The first-order valence-corrected chi connectivity index (χ1v) is 6.65. The summed E-state index contributed by atoms with van der Waals surface area (Å²) in [5.74, 6) is 0.826. The predicted molar refractivity (Wildman–Crippen MR) is 74.4 cm³/mol. The second-order valence-electron chi connectivity index (χ2n) is 4.97. The van der Waals surface area contributed by atoms with Crippen LogP contribution in [0.1, 0.15) is 12.0 Å². The highest BCUT2D eigenvalue weighted by Crippen LogP contribution is 2.22. The van der Waals surface area contributed by atoms with Crippen molar-refractivity contribution in [3.05, 3.63) is 30.0 Å². The summed E-state index contributed by atoms with van der Waals surface area (Å²) in [6.07, 6.45) is 3.04. The van der Waals surface area contributed by atoms with Crippen LogP contribution in [-0.4, -0.2) is 29.2 Å². The van der Waals surface area contributed by atoms with Crippen LogP contribution in [0.2, 0.25) is 0 Å². The molecule has 0 radical (unpaired) electrons. The van der Waals surface area contributed by atoms with Crippen LogP contribution in [0.25, 0.3) is 11.0 Å². The zero-order chi connectivity index (χ0) is 13.9. The van der Waals surface area contributed by atoms with Crippen LogP contribution < -0.4 is 15.8 Å². The van der Waals surface area contributed by atoms with E-state index in [1.165, 1.54) is 6.42 Å². The number of hydrogen-bond donors (Lipinski definition) is 2. The summed E-state index contributed by atoms with van der Waals surface area (Å²) in [5.41, 5.74) is 7.71. The van der Waals surface area contributed by atoms with E-state index >= 15 is 0 Å². The Morgan fingerprint density at radius 3 is 3.10 bits per heavy atom. The van der Waals surface area contributed by atoms with Gasteiger partial charge in [0.15, 0.2) is 0 Å². The molecule has 3 rings (SSSR count). The number of carbonyl (C=O) groups excluding carboxylic acids is 1. The van der Waals surface area contributed by atoms with Gasteiger partial charge in [-0.15, -0.1) is 0 Å². The molecular weight excluding hydrogens is 256 g/mol. The number of amides is 1. The fraction of sp³-hybridized carbons (Fsp3) is 0.357. The van der Waals surface area contributed by atoms with Crippen molar-refractivity contribution in [2.24, 2.45) is 11.7 Å². The Hall–Kier alpha value is -2.21. The van der Waals surface area contributed by atoms with Crippen LogP contribution in [-0.2, 0) is 6.42 Å². The molecule has 2 aromatic heterocycles. The number of fused-ring (bicyclic) bond motifs is 1. The molecule has 0 spiro atoms. The normalized spacial score (nSPS) is 18.3. The van der Waals surface area contributed by atoms with Crippen molar-refractivity contribution in [3.8, 4) is 5.88 Å². The lowest BCUT2D eigenvalue weighted by molar-refractivity contribution is 0.209. The third-order valence-corrected chi connectivity index (χ3v) is 3.52. The SMILES string of the molecule is NC(=O)Oc1ccc2nccc(CC3CCNC3)c2n1. The number of nitrogens with zero attached hydrogens (tertiary/aromatic N) is 2. The highest BCUT2D eigenvalue weighted by atomic mass is 16.6. The third-order valence-electron chi connectivity index (χ3n) is 3.52. The van der Waals surface area contributed by atoms with Crippen LogP contribution in [0.5, 0.6) is 5.88 Å².